The third-order valence-corrected chi connectivity index (χ3v) is 3.22. The predicted molar refractivity (Wildman–Crippen MR) is 76.4 cm³/mol. The van der Waals surface area contributed by atoms with Crippen LogP contribution in [-0.4, -0.2) is 19.7 Å². The molecule has 0 aliphatic heterocycles. The number of nitrogen functional groups attached to an aromatic ring is 1. The molecule has 0 unspecified atom stereocenters. The molecule has 2 N–H and O–H groups in total. The lowest BCUT2D eigenvalue weighted by Crippen LogP contribution is -2.08. The van der Waals surface area contributed by atoms with Crippen molar-refractivity contribution in [1.82, 2.24) is 19.7 Å². The highest BCUT2D eigenvalue weighted by atomic mass is 15.3. The summed E-state index contributed by atoms with van der Waals surface area (Å²) >= 11 is 0. The average Bonchev–Trinajstić information content (AvgIpc) is 2.74. The number of anilines is 1. The average molecular weight is 259 g/mol. The predicted octanol–water partition coefficient (Wildman–Crippen LogP) is 2.24. The molecule has 2 heterocycles. The van der Waals surface area contributed by atoms with Crippen molar-refractivity contribution >= 4 is 5.69 Å². The van der Waals surface area contributed by atoms with Gasteiger partial charge in [0.2, 0.25) is 0 Å². The second kappa shape index (κ2) is 5.38. The molecule has 2 aromatic heterocycles. The zero-order chi connectivity index (χ0) is 14.0. The van der Waals surface area contributed by atoms with Crippen LogP contribution < -0.4 is 5.73 Å². The Morgan fingerprint density at radius 3 is 2.42 bits per heavy atom. The maximum absolute atomic E-state index is 6.14. The van der Waals surface area contributed by atoms with E-state index in [1.807, 2.05) is 17.7 Å². The topological polar surface area (TPSA) is 69.6 Å². The maximum atomic E-state index is 6.14. The van der Waals surface area contributed by atoms with E-state index in [1.165, 1.54) is 0 Å². The SMILES string of the molecule is CCc1cc(-n2nc(CC)c(N)c2CC)nc(C)n1. The van der Waals surface area contributed by atoms with Crippen molar-refractivity contribution in [3.63, 3.8) is 0 Å². The van der Waals surface area contributed by atoms with Crippen LogP contribution in [-0.2, 0) is 19.3 Å². The van der Waals surface area contributed by atoms with E-state index < -0.39 is 0 Å². The normalized spacial score (nSPS) is 10.9. The van der Waals surface area contributed by atoms with E-state index in [0.29, 0.717) is 0 Å². The summed E-state index contributed by atoms with van der Waals surface area (Å²) in [6, 6.07) is 1.98. The number of hydrogen-bond acceptors (Lipinski definition) is 4. The van der Waals surface area contributed by atoms with Gasteiger partial charge in [0.25, 0.3) is 0 Å². The van der Waals surface area contributed by atoms with Crippen LogP contribution in [0.3, 0.4) is 0 Å². The lowest BCUT2D eigenvalue weighted by molar-refractivity contribution is 0.756. The number of nitrogens with two attached hydrogens (primary N) is 1. The van der Waals surface area contributed by atoms with Gasteiger partial charge in [-0.3, -0.25) is 0 Å². The fourth-order valence-corrected chi connectivity index (χ4v) is 2.21. The van der Waals surface area contributed by atoms with Crippen LogP contribution in [0.2, 0.25) is 0 Å². The Balaban J connectivity index is 2.61. The van der Waals surface area contributed by atoms with Crippen LogP contribution in [0, 0.1) is 6.92 Å². The van der Waals surface area contributed by atoms with Gasteiger partial charge in [0.05, 0.1) is 17.1 Å². The van der Waals surface area contributed by atoms with Gasteiger partial charge >= 0.3 is 0 Å². The Hall–Kier alpha value is -1.91. The van der Waals surface area contributed by atoms with Gasteiger partial charge in [0, 0.05) is 11.8 Å². The van der Waals surface area contributed by atoms with E-state index in [1.54, 1.807) is 0 Å². The minimum atomic E-state index is 0.767. The summed E-state index contributed by atoms with van der Waals surface area (Å²) in [5.41, 5.74) is 9.92. The van der Waals surface area contributed by atoms with Crippen LogP contribution >= 0.6 is 0 Å². The molecule has 0 aliphatic carbocycles. The summed E-state index contributed by atoms with van der Waals surface area (Å²) in [4.78, 5) is 8.88. The van der Waals surface area contributed by atoms with Gasteiger partial charge in [-0.05, 0) is 26.2 Å². The van der Waals surface area contributed by atoms with E-state index in [-0.39, 0.29) is 0 Å². The Labute approximate surface area is 113 Å². The van der Waals surface area contributed by atoms with Crippen LogP contribution in [0.5, 0.6) is 0 Å². The molecule has 5 heteroatoms. The van der Waals surface area contributed by atoms with Gasteiger partial charge in [0.1, 0.15) is 5.82 Å². The van der Waals surface area contributed by atoms with Crippen molar-refractivity contribution in [2.75, 3.05) is 5.73 Å². The van der Waals surface area contributed by atoms with E-state index in [0.717, 1.165) is 53.7 Å². The Kier molecular flexibility index (Phi) is 3.83. The Bertz CT molecular complexity index is 586. The summed E-state index contributed by atoms with van der Waals surface area (Å²) in [5, 5.41) is 4.59. The van der Waals surface area contributed by atoms with Gasteiger partial charge in [0.15, 0.2) is 5.82 Å². The number of aromatic nitrogens is 4. The molecule has 0 radical (unpaired) electrons. The maximum Gasteiger partial charge on any atom is 0.157 e. The second-order valence-electron chi connectivity index (χ2n) is 4.54. The molecule has 0 bridgehead atoms. The molecule has 0 saturated carbocycles. The summed E-state index contributed by atoms with van der Waals surface area (Å²) in [6.07, 6.45) is 2.55. The fraction of sp³-hybridized carbons (Fsp3) is 0.500. The highest BCUT2D eigenvalue weighted by Crippen LogP contribution is 2.21. The zero-order valence-electron chi connectivity index (χ0n) is 12.1. The smallest absolute Gasteiger partial charge is 0.157 e. The summed E-state index contributed by atoms with van der Waals surface area (Å²) in [6.45, 7) is 8.13. The lowest BCUT2D eigenvalue weighted by atomic mass is 10.2. The fourth-order valence-electron chi connectivity index (χ4n) is 2.21. The van der Waals surface area contributed by atoms with Crippen molar-refractivity contribution in [1.29, 1.82) is 0 Å². The molecule has 5 nitrogen and oxygen atoms in total. The third-order valence-electron chi connectivity index (χ3n) is 3.22. The molecule has 0 aromatic carbocycles. The first-order valence-electron chi connectivity index (χ1n) is 6.81. The van der Waals surface area contributed by atoms with Crippen LogP contribution in [0.25, 0.3) is 5.82 Å². The molecule has 0 spiro atoms. The molecule has 102 valence electrons. The standard InChI is InChI=1S/C14H21N5/c1-5-10-8-13(17-9(4)16-10)19-12(7-3)14(15)11(6-2)18-19/h8H,5-7,15H2,1-4H3. The molecule has 2 rings (SSSR count). The van der Waals surface area contributed by atoms with Crippen LogP contribution in [0.15, 0.2) is 6.07 Å². The van der Waals surface area contributed by atoms with Gasteiger partial charge in [-0.25, -0.2) is 14.6 Å². The first-order valence-corrected chi connectivity index (χ1v) is 6.81. The van der Waals surface area contributed by atoms with E-state index in [2.05, 4.69) is 35.8 Å². The third kappa shape index (κ3) is 2.45. The van der Waals surface area contributed by atoms with Gasteiger partial charge < -0.3 is 5.73 Å². The minimum absolute atomic E-state index is 0.767. The molecule has 0 amide bonds. The van der Waals surface area contributed by atoms with Gasteiger partial charge in [-0.15, -0.1) is 0 Å². The van der Waals surface area contributed by atoms with Gasteiger partial charge in [-0.1, -0.05) is 20.8 Å². The quantitative estimate of drug-likeness (QED) is 0.914. The molecule has 19 heavy (non-hydrogen) atoms. The van der Waals surface area contributed by atoms with Crippen molar-refractivity contribution in [2.24, 2.45) is 0 Å². The van der Waals surface area contributed by atoms with Crippen molar-refractivity contribution in [3.8, 4) is 5.82 Å². The highest BCUT2D eigenvalue weighted by molar-refractivity contribution is 5.51. The molecular formula is C14H21N5. The van der Waals surface area contributed by atoms with Crippen LogP contribution in [0.1, 0.15) is 43.7 Å². The largest absolute Gasteiger partial charge is 0.396 e. The van der Waals surface area contributed by atoms with E-state index in [9.17, 15) is 0 Å². The molecule has 0 atom stereocenters. The Morgan fingerprint density at radius 1 is 1.11 bits per heavy atom. The first-order chi connectivity index (χ1) is 9.10. The first kappa shape index (κ1) is 13.5. The molecule has 0 aliphatic rings. The minimum Gasteiger partial charge on any atom is -0.396 e. The number of rotatable bonds is 4. The molecular weight excluding hydrogens is 238 g/mol. The van der Waals surface area contributed by atoms with E-state index >= 15 is 0 Å². The van der Waals surface area contributed by atoms with E-state index in [4.69, 9.17) is 5.73 Å². The number of aryl methyl sites for hydroxylation is 3. The monoisotopic (exact) mass is 259 g/mol. The van der Waals surface area contributed by atoms with Gasteiger partial charge in [-0.2, -0.15) is 5.10 Å². The second-order valence-corrected chi connectivity index (χ2v) is 4.54. The van der Waals surface area contributed by atoms with Crippen molar-refractivity contribution in [3.05, 3.63) is 29.0 Å². The molecule has 0 fully saturated rings. The van der Waals surface area contributed by atoms with Crippen molar-refractivity contribution < 1.29 is 0 Å². The molecule has 0 saturated heterocycles. The zero-order valence-corrected chi connectivity index (χ0v) is 12.1. The van der Waals surface area contributed by atoms with Crippen LogP contribution in [0.4, 0.5) is 5.69 Å². The van der Waals surface area contributed by atoms with Crippen molar-refractivity contribution in [2.45, 2.75) is 47.0 Å². The summed E-state index contributed by atoms with van der Waals surface area (Å²) in [7, 11) is 0. The lowest BCUT2D eigenvalue weighted by Gasteiger charge is -2.07. The number of nitrogens with zero attached hydrogens (tertiary/aromatic N) is 4. The number of hydrogen-bond donors (Lipinski definition) is 1. The molecule has 2 aromatic rings. The summed E-state index contributed by atoms with van der Waals surface area (Å²) in [5.74, 6) is 1.58. The Morgan fingerprint density at radius 2 is 1.84 bits per heavy atom. The summed E-state index contributed by atoms with van der Waals surface area (Å²) < 4.78 is 1.86. The highest BCUT2D eigenvalue weighted by Gasteiger charge is 2.15.